The monoisotopic (exact) mass is 283 g/mol. The van der Waals surface area contributed by atoms with Crippen LogP contribution in [0.5, 0.6) is 0 Å². The molecule has 0 amide bonds. The average Bonchev–Trinajstić information content (AvgIpc) is 2.29. The van der Waals surface area contributed by atoms with Crippen molar-refractivity contribution >= 4 is 27.4 Å². The Kier molecular flexibility index (Phi) is 3.69. The van der Waals surface area contributed by atoms with Crippen LogP contribution in [0.4, 0.5) is 11.5 Å². The van der Waals surface area contributed by atoms with Gasteiger partial charge in [0, 0.05) is 23.3 Å². The first-order valence-electron chi connectivity index (χ1n) is 5.90. The van der Waals surface area contributed by atoms with Gasteiger partial charge in [-0.2, -0.15) is 0 Å². The highest BCUT2D eigenvalue weighted by Crippen LogP contribution is 2.30. The molecule has 2 N–H and O–H groups in total. The summed E-state index contributed by atoms with van der Waals surface area (Å²) in [6.45, 7) is 3.31. The van der Waals surface area contributed by atoms with E-state index in [0.29, 0.717) is 6.04 Å². The predicted molar refractivity (Wildman–Crippen MR) is 71.6 cm³/mol. The number of hydrogen-bond acceptors (Lipinski definition) is 3. The third-order valence-electron chi connectivity index (χ3n) is 3.23. The molecule has 1 aromatic heterocycles. The van der Waals surface area contributed by atoms with Crippen molar-refractivity contribution in [2.45, 2.75) is 38.6 Å². The Morgan fingerprint density at radius 1 is 1.56 bits per heavy atom. The maximum Gasteiger partial charge on any atom is 0.152 e. The largest absolute Gasteiger partial charge is 0.396 e. The molecule has 1 fully saturated rings. The molecule has 1 saturated heterocycles. The summed E-state index contributed by atoms with van der Waals surface area (Å²) >= 11 is 3.39. The van der Waals surface area contributed by atoms with Gasteiger partial charge in [0.25, 0.3) is 0 Å². The summed E-state index contributed by atoms with van der Waals surface area (Å²) in [4.78, 5) is 6.82. The van der Waals surface area contributed by atoms with Crippen LogP contribution in [-0.4, -0.2) is 17.6 Å². The van der Waals surface area contributed by atoms with Crippen molar-refractivity contribution in [2.24, 2.45) is 0 Å². The van der Waals surface area contributed by atoms with Crippen LogP contribution in [0.25, 0.3) is 0 Å². The normalized spacial score (nSPS) is 21.1. The number of halogens is 1. The second-order valence-electron chi connectivity index (χ2n) is 4.32. The van der Waals surface area contributed by atoms with Crippen molar-refractivity contribution in [1.29, 1.82) is 0 Å². The number of piperidine rings is 1. The van der Waals surface area contributed by atoms with Crippen LogP contribution in [0.3, 0.4) is 0 Å². The van der Waals surface area contributed by atoms with E-state index in [1.807, 2.05) is 12.3 Å². The lowest BCUT2D eigenvalue weighted by Gasteiger charge is -2.36. The second kappa shape index (κ2) is 5.04. The van der Waals surface area contributed by atoms with E-state index in [2.05, 4.69) is 32.7 Å². The standard InChI is InChI=1S/C12H18BrN3/c1-2-10-5-3-4-6-16(10)12-11(14)7-9(13)8-15-12/h7-8,10H,2-6,14H2,1H3. The second-order valence-corrected chi connectivity index (χ2v) is 5.23. The van der Waals surface area contributed by atoms with Gasteiger partial charge in [-0.3, -0.25) is 0 Å². The molecule has 0 aliphatic carbocycles. The number of aromatic nitrogens is 1. The van der Waals surface area contributed by atoms with E-state index in [-0.39, 0.29) is 0 Å². The van der Waals surface area contributed by atoms with Crippen molar-refractivity contribution in [2.75, 3.05) is 17.2 Å². The smallest absolute Gasteiger partial charge is 0.152 e. The highest BCUT2D eigenvalue weighted by molar-refractivity contribution is 9.10. The fourth-order valence-electron chi connectivity index (χ4n) is 2.39. The Morgan fingerprint density at radius 3 is 3.06 bits per heavy atom. The first-order chi connectivity index (χ1) is 7.72. The molecular formula is C12H18BrN3. The fourth-order valence-corrected chi connectivity index (χ4v) is 2.74. The topological polar surface area (TPSA) is 42.2 Å². The number of nitrogen functional groups attached to an aromatic ring is 1. The molecular weight excluding hydrogens is 266 g/mol. The van der Waals surface area contributed by atoms with E-state index in [9.17, 15) is 0 Å². The van der Waals surface area contributed by atoms with Crippen LogP contribution in [0.1, 0.15) is 32.6 Å². The molecule has 1 unspecified atom stereocenters. The van der Waals surface area contributed by atoms with Crippen molar-refractivity contribution in [3.63, 3.8) is 0 Å². The number of hydrogen-bond donors (Lipinski definition) is 1. The lowest BCUT2D eigenvalue weighted by Crippen LogP contribution is -2.40. The molecule has 2 heterocycles. The van der Waals surface area contributed by atoms with Gasteiger partial charge in [-0.1, -0.05) is 6.92 Å². The summed E-state index contributed by atoms with van der Waals surface area (Å²) in [6, 6.07) is 2.54. The van der Waals surface area contributed by atoms with Crippen molar-refractivity contribution in [3.8, 4) is 0 Å². The molecule has 1 aliphatic rings. The zero-order valence-electron chi connectivity index (χ0n) is 9.62. The Labute approximate surface area is 105 Å². The summed E-state index contributed by atoms with van der Waals surface area (Å²) in [6.07, 6.45) is 6.82. The first-order valence-corrected chi connectivity index (χ1v) is 6.69. The van der Waals surface area contributed by atoms with Crippen LogP contribution in [0.2, 0.25) is 0 Å². The maximum atomic E-state index is 6.03. The lowest BCUT2D eigenvalue weighted by molar-refractivity contribution is 0.447. The van der Waals surface area contributed by atoms with Gasteiger partial charge in [0.15, 0.2) is 5.82 Å². The van der Waals surface area contributed by atoms with Crippen LogP contribution in [0, 0.1) is 0 Å². The van der Waals surface area contributed by atoms with Gasteiger partial charge in [0.1, 0.15) is 0 Å². The van der Waals surface area contributed by atoms with Gasteiger partial charge >= 0.3 is 0 Å². The summed E-state index contributed by atoms with van der Waals surface area (Å²) in [5, 5.41) is 0. The van der Waals surface area contributed by atoms with Crippen LogP contribution >= 0.6 is 15.9 Å². The minimum atomic E-state index is 0.602. The van der Waals surface area contributed by atoms with E-state index in [1.165, 1.54) is 19.3 Å². The van der Waals surface area contributed by atoms with Crippen LogP contribution < -0.4 is 10.6 Å². The number of rotatable bonds is 2. The number of pyridine rings is 1. The molecule has 0 spiro atoms. The molecule has 3 nitrogen and oxygen atoms in total. The molecule has 0 saturated carbocycles. The maximum absolute atomic E-state index is 6.03. The van der Waals surface area contributed by atoms with Gasteiger partial charge in [0.2, 0.25) is 0 Å². The molecule has 0 radical (unpaired) electrons. The van der Waals surface area contributed by atoms with E-state index in [4.69, 9.17) is 5.73 Å². The van der Waals surface area contributed by atoms with Gasteiger partial charge < -0.3 is 10.6 Å². The Bertz CT molecular complexity index is 367. The average molecular weight is 284 g/mol. The van der Waals surface area contributed by atoms with E-state index >= 15 is 0 Å². The zero-order valence-corrected chi connectivity index (χ0v) is 11.2. The molecule has 16 heavy (non-hydrogen) atoms. The Balaban J connectivity index is 2.27. The van der Waals surface area contributed by atoms with Gasteiger partial charge in [-0.05, 0) is 47.7 Å². The molecule has 1 aromatic rings. The minimum Gasteiger partial charge on any atom is -0.396 e. The minimum absolute atomic E-state index is 0.602. The molecule has 0 bridgehead atoms. The van der Waals surface area contributed by atoms with Crippen LogP contribution in [0.15, 0.2) is 16.7 Å². The summed E-state index contributed by atoms with van der Waals surface area (Å²) in [5.41, 5.74) is 6.81. The van der Waals surface area contributed by atoms with Crippen molar-refractivity contribution in [1.82, 2.24) is 4.98 Å². The fraction of sp³-hybridized carbons (Fsp3) is 0.583. The quantitative estimate of drug-likeness (QED) is 0.906. The SMILES string of the molecule is CCC1CCCCN1c1ncc(Br)cc1N. The van der Waals surface area contributed by atoms with Crippen molar-refractivity contribution in [3.05, 3.63) is 16.7 Å². The van der Waals surface area contributed by atoms with E-state index in [1.54, 1.807) is 0 Å². The van der Waals surface area contributed by atoms with Crippen LogP contribution in [-0.2, 0) is 0 Å². The predicted octanol–water partition coefficient (Wildman–Crippen LogP) is 3.20. The summed E-state index contributed by atoms with van der Waals surface area (Å²) in [5.74, 6) is 0.953. The van der Waals surface area contributed by atoms with E-state index in [0.717, 1.165) is 28.9 Å². The molecule has 88 valence electrons. The summed E-state index contributed by atoms with van der Waals surface area (Å²) < 4.78 is 0.943. The molecule has 4 heteroatoms. The molecule has 1 atom stereocenters. The number of anilines is 2. The van der Waals surface area contributed by atoms with Gasteiger partial charge in [-0.25, -0.2) is 4.98 Å². The highest BCUT2D eigenvalue weighted by atomic mass is 79.9. The van der Waals surface area contributed by atoms with E-state index < -0.39 is 0 Å². The Hall–Kier alpha value is -0.770. The Morgan fingerprint density at radius 2 is 2.38 bits per heavy atom. The molecule has 2 rings (SSSR count). The third-order valence-corrected chi connectivity index (χ3v) is 3.67. The highest BCUT2D eigenvalue weighted by Gasteiger charge is 2.23. The first kappa shape index (κ1) is 11.7. The number of nitrogens with two attached hydrogens (primary N) is 1. The molecule has 1 aliphatic heterocycles. The third kappa shape index (κ3) is 2.32. The summed E-state index contributed by atoms with van der Waals surface area (Å²) in [7, 11) is 0. The number of nitrogens with zero attached hydrogens (tertiary/aromatic N) is 2. The van der Waals surface area contributed by atoms with Gasteiger partial charge in [-0.15, -0.1) is 0 Å². The zero-order chi connectivity index (χ0) is 11.5. The molecule has 0 aromatic carbocycles. The lowest BCUT2D eigenvalue weighted by atomic mass is 10.00. The van der Waals surface area contributed by atoms with Crippen molar-refractivity contribution < 1.29 is 0 Å². The van der Waals surface area contributed by atoms with Gasteiger partial charge in [0.05, 0.1) is 5.69 Å².